The molecule has 92 valence electrons. The Labute approximate surface area is 100 Å². The molecule has 4 heteroatoms. The molecule has 1 aromatic carbocycles. The molecule has 1 unspecified atom stereocenters. The summed E-state index contributed by atoms with van der Waals surface area (Å²) in [6, 6.07) is 4.08. The minimum atomic E-state index is -0.151. The Morgan fingerprint density at radius 1 is 1.47 bits per heavy atom. The molecule has 0 saturated carbocycles. The van der Waals surface area contributed by atoms with Crippen molar-refractivity contribution in [2.75, 3.05) is 19.6 Å². The van der Waals surface area contributed by atoms with Crippen LogP contribution < -0.4 is 0 Å². The largest absolute Gasteiger partial charge is 0.508 e. The van der Waals surface area contributed by atoms with E-state index in [-0.39, 0.29) is 22.8 Å². The van der Waals surface area contributed by atoms with E-state index in [9.17, 15) is 9.90 Å². The van der Waals surface area contributed by atoms with Crippen molar-refractivity contribution in [2.45, 2.75) is 13.3 Å². The lowest BCUT2D eigenvalue weighted by molar-refractivity contribution is 0.0941. The Bertz CT molecular complexity index is 431. The van der Waals surface area contributed by atoms with Crippen molar-refractivity contribution in [3.05, 3.63) is 23.8 Å². The van der Waals surface area contributed by atoms with Crippen LogP contribution in [0, 0.1) is 5.92 Å². The number of ketones is 1. The molecule has 0 spiro atoms. The molecule has 0 radical (unpaired) electrons. The van der Waals surface area contributed by atoms with Crippen LogP contribution in [0.5, 0.6) is 11.5 Å². The summed E-state index contributed by atoms with van der Waals surface area (Å²) < 4.78 is 0. The summed E-state index contributed by atoms with van der Waals surface area (Å²) in [5, 5.41) is 18.7. The first-order valence-electron chi connectivity index (χ1n) is 5.84. The molecule has 1 fully saturated rings. The fourth-order valence-corrected chi connectivity index (χ4v) is 2.21. The Balaban J connectivity index is 2.04. The van der Waals surface area contributed by atoms with Crippen molar-refractivity contribution in [1.82, 2.24) is 4.90 Å². The molecular weight excluding hydrogens is 218 g/mol. The van der Waals surface area contributed by atoms with E-state index in [1.165, 1.54) is 18.2 Å². The second-order valence-corrected chi connectivity index (χ2v) is 4.75. The zero-order valence-corrected chi connectivity index (χ0v) is 9.89. The van der Waals surface area contributed by atoms with Crippen LogP contribution in [0.2, 0.25) is 0 Å². The number of carbonyl (C=O) groups is 1. The SMILES string of the molecule is CC1CCN(CC(=O)c2ccc(O)cc2O)C1. The van der Waals surface area contributed by atoms with E-state index in [4.69, 9.17) is 5.11 Å². The van der Waals surface area contributed by atoms with E-state index in [1.54, 1.807) is 0 Å². The van der Waals surface area contributed by atoms with E-state index in [2.05, 4.69) is 11.8 Å². The van der Waals surface area contributed by atoms with Crippen molar-refractivity contribution in [3.63, 3.8) is 0 Å². The van der Waals surface area contributed by atoms with Crippen LogP contribution in [0.1, 0.15) is 23.7 Å². The third-order valence-corrected chi connectivity index (χ3v) is 3.16. The van der Waals surface area contributed by atoms with Crippen LogP contribution in [0.4, 0.5) is 0 Å². The number of nitrogens with zero attached hydrogens (tertiary/aromatic N) is 1. The number of rotatable bonds is 3. The number of carbonyl (C=O) groups excluding carboxylic acids is 1. The summed E-state index contributed by atoms with van der Waals surface area (Å²) >= 11 is 0. The fourth-order valence-electron chi connectivity index (χ4n) is 2.21. The van der Waals surface area contributed by atoms with Crippen LogP contribution in [0.3, 0.4) is 0 Å². The van der Waals surface area contributed by atoms with E-state index < -0.39 is 0 Å². The van der Waals surface area contributed by atoms with E-state index >= 15 is 0 Å². The monoisotopic (exact) mass is 235 g/mol. The quantitative estimate of drug-likeness (QED) is 0.782. The van der Waals surface area contributed by atoms with Gasteiger partial charge in [-0.3, -0.25) is 9.69 Å². The number of benzene rings is 1. The zero-order valence-electron chi connectivity index (χ0n) is 9.89. The lowest BCUT2D eigenvalue weighted by atomic mass is 10.1. The van der Waals surface area contributed by atoms with Crippen molar-refractivity contribution >= 4 is 5.78 Å². The van der Waals surface area contributed by atoms with Crippen LogP contribution in [0.15, 0.2) is 18.2 Å². The fraction of sp³-hybridized carbons (Fsp3) is 0.462. The highest BCUT2D eigenvalue weighted by Crippen LogP contribution is 2.24. The van der Waals surface area contributed by atoms with E-state index in [0.717, 1.165) is 19.5 Å². The topological polar surface area (TPSA) is 60.8 Å². The second-order valence-electron chi connectivity index (χ2n) is 4.75. The molecule has 2 rings (SSSR count). The van der Waals surface area contributed by atoms with Gasteiger partial charge in [0.15, 0.2) is 5.78 Å². The number of likely N-dealkylation sites (tertiary alicyclic amines) is 1. The molecular formula is C13H17NO3. The average molecular weight is 235 g/mol. The van der Waals surface area contributed by atoms with E-state index in [0.29, 0.717) is 12.5 Å². The van der Waals surface area contributed by atoms with Gasteiger partial charge in [-0.05, 0) is 31.0 Å². The van der Waals surface area contributed by atoms with Crippen molar-refractivity contribution < 1.29 is 15.0 Å². The number of phenolic OH excluding ortho intramolecular Hbond substituents is 2. The number of Topliss-reactive ketones (excluding diaryl/α,β-unsaturated/α-hetero) is 1. The van der Waals surface area contributed by atoms with Gasteiger partial charge in [-0.15, -0.1) is 0 Å². The third kappa shape index (κ3) is 2.77. The molecule has 0 aromatic heterocycles. The smallest absolute Gasteiger partial charge is 0.180 e. The lowest BCUT2D eigenvalue weighted by Gasteiger charge is -2.14. The van der Waals surface area contributed by atoms with Crippen molar-refractivity contribution in [3.8, 4) is 11.5 Å². The van der Waals surface area contributed by atoms with Gasteiger partial charge in [0.2, 0.25) is 0 Å². The molecule has 17 heavy (non-hydrogen) atoms. The average Bonchev–Trinajstić information content (AvgIpc) is 2.63. The number of hydrogen-bond acceptors (Lipinski definition) is 4. The summed E-state index contributed by atoms with van der Waals surface area (Å²) in [7, 11) is 0. The van der Waals surface area contributed by atoms with E-state index in [1.807, 2.05) is 0 Å². The van der Waals surface area contributed by atoms with Gasteiger partial charge in [-0.2, -0.15) is 0 Å². The summed E-state index contributed by atoms with van der Waals surface area (Å²) in [4.78, 5) is 14.1. The maximum absolute atomic E-state index is 12.0. The highest BCUT2D eigenvalue weighted by Gasteiger charge is 2.22. The van der Waals surface area contributed by atoms with Gasteiger partial charge in [0.1, 0.15) is 11.5 Å². The molecule has 0 bridgehead atoms. The minimum Gasteiger partial charge on any atom is -0.508 e. The first-order chi connectivity index (χ1) is 8.06. The van der Waals surface area contributed by atoms with Crippen molar-refractivity contribution in [2.24, 2.45) is 5.92 Å². The molecule has 1 aliphatic heterocycles. The number of phenols is 2. The highest BCUT2D eigenvalue weighted by molar-refractivity contribution is 6.00. The molecule has 0 aliphatic carbocycles. The van der Waals surface area contributed by atoms with Gasteiger partial charge >= 0.3 is 0 Å². The van der Waals surface area contributed by atoms with Gasteiger partial charge in [0, 0.05) is 12.6 Å². The first-order valence-corrected chi connectivity index (χ1v) is 5.84. The van der Waals surface area contributed by atoms with Gasteiger partial charge in [-0.1, -0.05) is 6.92 Å². The lowest BCUT2D eigenvalue weighted by Crippen LogP contribution is -2.27. The molecule has 2 N–H and O–H groups in total. The zero-order chi connectivity index (χ0) is 12.4. The maximum Gasteiger partial charge on any atom is 0.180 e. The van der Waals surface area contributed by atoms with Crippen LogP contribution >= 0.6 is 0 Å². The van der Waals surface area contributed by atoms with Gasteiger partial charge in [0.05, 0.1) is 12.1 Å². The van der Waals surface area contributed by atoms with Crippen LogP contribution in [-0.2, 0) is 0 Å². The number of aromatic hydroxyl groups is 2. The summed E-state index contributed by atoms with van der Waals surface area (Å²) in [6.45, 7) is 4.38. The predicted molar refractivity (Wildman–Crippen MR) is 64.3 cm³/mol. The molecule has 4 nitrogen and oxygen atoms in total. The summed E-state index contributed by atoms with van der Waals surface area (Å²) in [5.74, 6) is 0.351. The Kier molecular flexibility index (Phi) is 3.33. The normalized spacial score (nSPS) is 20.6. The number of hydrogen-bond donors (Lipinski definition) is 2. The molecule has 1 aromatic rings. The Hall–Kier alpha value is -1.55. The molecule has 1 aliphatic rings. The Morgan fingerprint density at radius 2 is 2.24 bits per heavy atom. The minimum absolute atomic E-state index is 0.0335. The molecule has 1 atom stereocenters. The standard InChI is InChI=1S/C13H17NO3/c1-9-4-5-14(7-9)8-13(17)11-3-2-10(15)6-12(11)16/h2-3,6,9,15-16H,4-5,7-8H2,1H3. The highest BCUT2D eigenvalue weighted by atomic mass is 16.3. The second kappa shape index (κ2) is 4.75. The summed E-state index contributed by atoms with van der Waals surface area (Å²) in [5.41, 5.74) is 0.280. The van der Waals surface area contributed by atoms with Gasteiger partial charge in [0.25, 0.3) is 0 Å². The first kappa shape index (κ1) is 11.9. The van der Waals surface area contributed by atoms with Crippen LogP contribution in [-0.4, -0.2) is 40.5 Å². The molecule has 1 saturated heterocycles. The van der Waals surface area contributed by atoms with Gasteiger partial charge in [-0.25, -0.2) is 0 Å². The van der Waals surface area contributed by atoms with Crippen LogP contribution in [0.25, 0.3) is 0 Å². The molecule has 0 amide bonds. The maximum atomic E-state index is 12.0. The predicted octanol–water partition coefficient (Wildman–Crippen LogP) is 1.62. The molecule has 1 heterocycles. The summed E-state index contributed by atoms with van der Waals surface area (Å²) in [6.07, 6.45) is 1.12. The van der Waals surface area contributed by atoms with Crippen molar-refractivity contribution in [1.29, 1.82) is 0 Å². The van der Waals surface area contributed by atoms with Gasteiger partial charge < -0.3 is 10.2 Å². The third-order valence-electron chi connectivity index (χ3n) is 3.16. The Morgan fingerprint density at radius 3 is 2.82 bits per heavy atom.